The van der Waals surface area contributed by atoms with Crippen molar-refractivity contribution in [2.75, 3.05) is 7.11 Å². The summed E-state index contributed by atoms with van der Waals surface area (Å²) in [6.07, 6.45) is 3.66. The Bertz CT molecular complexity index is 450. The molecule has 0 fully saturated rings. The lowest BCUT2D eigenvalue weighted by molar-refractivity contribution is 0.412. The largest absolute Gasteiger partial charge is 0.495 e. The summed E-state index contributed by atoms with van der Waals surface area (Å²) in [5.41, 5.74) is 2.23. The van der Waals surface area contributed by atoms with Crippen molar-refractivity contribution in [3.05, 3.63) is 28.8 Å². The fraction of sp³-hybridized carbons (Fsp3) is 0.222. The highest BCUT2D eigenvalue weighted by Gasteiger charge is 2.05. The minimum atomic E-state index is 0.842. The Morgan fingerprint density at radius 1 is 1.54 bits per heavy atom. The zero-order valence-corrected chi connectivity index (χ0v) is 9.00. The first-order valence-corrected chi connectivity index (χ1v) is 4.68. The zero-order valence-electron chi connectivity index (χ0n) is 7.41. The van der Waals surface area contributed by atoms with Gasteiger partial charge >= 0.3 is 0 Å². The molecule has 0 aliphatic rings. The molecule has 4 heteroatoms. The topological polar surface area (TPSA) is 26.5 Å². The molecule has 2 rings (SSSR count). The van der Waals surface area contributed by atoms with Gasteiger partial charge in [0.25, 0.3) is 0 Å². The van der Waals surface area contributed by atoms with Crippen LogP contribution in [-0.2, 0) is 0 Å². The number of imidazole rings is 1. The molecule has 0 amide bonds. The Kier molecular flexibility index (Phi) is 2.00. The van der Waals surface area contributed by atoms with Crippen LogP contribution < -0.4 is 4.74 Å². The molecule has 0 aromatic carbocycles. The number of fused-ring (bicyclic) bond motifs is 1. The molecule has 0 radical (unpaired) electrons. The predicted octanol–water partition coefficient (Wildman–Crippen LogP) is 2.41. The van der Waals surface area contributed by atoms with E-state index < -0.39 is 0 Å². The molecule has 3 nitrogen and oxygen atoms in total. The number of hydrogen-bond donors (Lipinski definition) is 0. The average molecular weight is 241 g/mol. The van der Waals surface area contributed by atoms with Crippen molar-refractivity contribution in [1.29, 1.82) is 0 Å². The van der Waals surface area contributed by atoms with Crippen LogP contribution in [0.15, 0.2) is 23.2 Å². The standard InChI is InChI=1S/C9H9BrN2O/c1-6-3-7(13-2)4-12-5-11-9(10)8(6)12/h3-5H,1-2H3. The summed E-state index contributed by atoms with van der Waals surface area (Å²) in [5.74, 6) is 0.842. The third-order valence-corrected chi connectivity index (χ3v) is 2.56. The second-order valence-corrected chi connectivity index (χ2v) is 3.61. The van der Waals surface area contributed by atoms with Gasteiger partial charge in [-0.1, -0.05) is 0 Å². The molecule has 13 heavy (non-hydrogen) atoms. The summed E-state index contributed by atoms with van der Waals surface area (Å²) < 4.78 is 7.96. The Hall–Kier alpha value is -1.03. The van der Waals surface area contributed by atoms with Crippen LogP contribution >= 0.6 is 15.9 Å². The summed E-state index contributed by atoms with van der Waals surface area (Å²) in [4.78, 5) is 4.16. The first-order valence-electron chi connectivity index (χ1n) is 3.89. The Balaban J connectivity index is 2.79. The first kappa shape index (κ1) is 8.56. The van der Waals surface area contributed by atoms with E-state index >= 15 is 0 Å². The zero-order chi connectivity index (χ0) is 9.42. The summed E-state index contributed by atoms with van der Waals surface area (Å²) >= 11 is 3.39. The van der Waals surface area contributed by atoms with Gasteiger partial charge in [0, 0.05) is 0 Å². The van der Waals surface area contributed by atoms with Gasteiger partial charge < -0.3 is 9.14 Å². The molecule has 0 unspecified atom stereocenters. The fourth-order valence-corrected chi connectivity index (χ4v) is 1.98. The van der Waals surface area contributed by atoms with E-state index in [4.69, 9.17) is 4.74 Å². The number of aryl methyl sites for hydroxylation is 1. The van der Waals surface area contributed by atoms with E-state index in [-0.39, 0.29) is 0 Å². The van der Waals surface area contributed by atoms with Gasteiger partial charge in [-0.15, -0.1) is 0 Å². The minimum Gasteiger partial charge on any atom is -0.495 e. The third kappa shape index (κ3) is 1.31. The normalized spacial score (nSPS) is 10.7. The molecule has 68 valence electrons. The van der Waals surface area contributed by atoms with Crippen molar-refractivity contribution in [2.45, 2.75) is 6.92 Å². The van der Waals surface area contributed by atoms with E-state index in [0.717, 1.165) is 21.4 Å². The van der Waals surface area contributed by atoms with Crippen molar-refractivity contribution in [3.8, 4) is 5.75 Å². The average Bonchev–Trinajstić information content (AvgIpc) is 2.48. The molecule has 2 heterocycles. The van der Waals surface area contributed by atoms with E-state index in [0.29, 0.717) is 0 Å². The van der Waals surface area contributed by atoms with E-state index in [1.807, 2.05) is 23.6 Å². The summed E-state index contributed by atoms with van der Waals surface area (Å²) in [6, 6.07) is 1.99. The van der Waals surface area contributed by atoms with Crippen molar-refractivity contribution < 1.29 is 4.74 Å². The number of ether oxygens (including phenoxy) is 1. The summed E-state index contributed by atoms with van der Waals surface area (Å²) in [5, 5.41) is 0. The molecule has 0 atom stereocenters. The lowest BCUT2D eigenvalue weighted by atomic mass is 10.2. The number of rotatable bonds is 1. The highest BCUT2D eigenvalue weighted by atomic mass is 79.9. The Morgan fingerprint density at radius 3 is 3.00 bits per heavy atom. The minimum absolute atomic E-state index is 0.842. The van der Waals surface area contributed by atoms with Gasteiger partial charge in [0.15, 0.2) is 0 Å². The highest BCUT2D eigenvalue weighted by molar-refractivity contribution is 9.10. The van der Waals surface area contributed by atoms with E-state index in [2.05, 4.69) is 20.9 Å². The molecular weight excluding hydrogens is 232 g/mol. The second-order valence-electron chi connectivity index (χ2n) is 2.85. The van der Waals surface area contributed by atoms with Gasteiger partial charge in [0.2, 0.25) is 0 Å². The fourth-order valence-electron chi connectivity index (χ4n) is 1.37. The predicted molar refractivity (Wildman–Crippen MR) is 54.2 cm³/mol. The second kappa shape index (κ2) is 3.03. The first-order chi connectivity index (χ1) is 6.22. The quantitative estimate of drug-likeness (QED) is 0.766. The molecule has 0 saturated heterocycles. The van der Waals surface area contributed by atoms with Crippen LogP contribution in [0.25, 0.3) is 5.52 Å². The van der Waals surface area contributed by atoms with Gasteiger partial charge in [-0.25, -0.2) is 4.98 Å². The maximum atomic E-state index is 5.15. The summed E-state index contributed by atoms with van der Waals surface area (Å²) in [7, 11) is 1.66. The van der Waals surface area contributed by atoms with Crippen molar-refractivity contribution >= 4 is 21.4 Å². The smallest absolute Gasteiger partial charge is 0.135 e. The number of aromatic nitrogens is 2. The SMILES string of the molecule is COc1cc(C)c2c(Br)ncn2c1. The maximum absolute atomic E-state index is 5.15. The molecule has 0 aliphatic carbocycles. The van der Waals surface area contributed by atoms with Gasteiger partial charge in [0.1, 0.15) is 16.7 Å². The van der Waals surface area contributed by atoms with E-state index in [1.54, 1.807) is 13.4 Å². The third-order valence-electron chi connectivity index (χ3n) is 1.98. The molecule has 0 saturated carbocycles. The van der Waals surface area contributed by atoms with Crippen LogP contribution in [0.2, 0.25) is 0 Å². The van der Waals surface area contributed by atoms with Crippen LogP contribution in [0.5, 0.6) is 5.75 Å². The molecule has 2 aromatic heterocycles. The lowest BCUT2D eigenvalue weighted by Crippen LogP contribution is -1.90. The van der Waals surface area contributed by atoms with Crippen LogP contribution in [0.3, 0.4) is 0 Å². The number of pyridine rings is 1. The monoisotopic (exact) mass is 240 g/mol. The van der Waals surface area contributed by atoms with Crippen LogP contribution in [0, 0.1) is 6.92 Å². The lowest BCUT2D eigenvalue weighted by Gasteiger charge is -2.03. The highest BCUT2D eigenvalue weighted by Crippen LogP contribution is 2.23. The van der Waals surface area contributed by atoms with Crippen molar-refractivity contribution in [1.82, 2.24) is 9.38 Å². The van der Waals surface area contributed by atoms with Crippen LogP contribution in [0.1, 0.15) is 5.56 Å². The van der Waals surface area contributed by atoms with Crippen molar-refractivity contribution in [2.24, 2.45) is 0 Å². The van der Waals surface area contributed by atoms with Crippen LogP contribution in [-0.4, -0.2) is 16.5 Å². The Morgan fingerprint density at radius 2 is 2.31 bits per heavy atom. The summed E-state index contributed by atoms with van der Waals surface area (Å²) in [6.45, 7) is 2.03. The van der Waals surface area contributed by atoms with Gasteiger partial charge in [-0.3, -0.25) is 0 Å². The molecular formula is C9H9BrN2O. The van der Waals surface area contributed by atoms with Gasteiger partial charge in [-0.05, 0) is 34.5 Å². The molecule has 0 spiro atoms. The molecule has 0 aliphatic heterocycles. The van der Waals surface area contributed by atoms with E-state index in [9.17, 15) is 0 Å². The molecule has 0 bridgehead atoms. The van der Waals surface area contributed by atoms with E-state index in [1.165, 1.54) is 0 Å². The van der Waals surface area contributed by atoms with Crippen LogP contribution in [0.4, 0.5) is 0 Å². The number of methoxy groups -OCH3 is 1. The molecule has 0 N–H and O–H groups in total. The Labute approximate surface area is 84.5 Å². The molecule has 2 aromatic rings. The number of halogens is 1. The maximum Gasteiger partial charge on any atom is 0.135 e. The van der Waals surface area contributed by atoms with Gasteiger partial charge in [0.05, 0.1) is 18.8 Å². The van der Waals surface area contributed by atoms with Gasteiger partial charge in [-0.2, -0.15) is 0 Å². The van der Waals surface area contributed by atoms with Crippen molar-refractivity contribution in [3.63, 3.8) is 0 Å². The number of nitrogens with zero attached hydrogens (tertiary/aromatic N) is 2. The number of hydrogen-bond acceptors (Lipinski definition) is 2.